The molecule has 1 amide bonds. The molecule has 0 spiro atoms. The van der Waals surface area contributed by atoms with Crippen molar-refractivity contribution in [3.8, 4) is 0 Å². The van der Waals surface area contributed by atoms with Crippen molar-refractivity contribution in [2.24, 2.45) is 23.2 Å². The highest BCUT2D eigenvalue weighted by molar-refractivity contribution is 5.66. The first-order valence-corrected chi connectivity index (χ1v) is 6.29. The van der Waals surface area contributed by atoms with Gasteiger partial charge in [0.2, 0.25) is 0 Å². The Morgan fingerprint density at radius 2 is 2.00 bits per heavy atom. The third-order valence-electron chi connectivity index (χ3n) is 4.28. The minimum absolute atomic E-state index is 0.0509. The lowest BCUT2D eigenvalue weighted by atomic mass is 9.77. The molecule has 1 aliphatic heterocycles. The molecule has 4 nitrogen and oxygen atoms in total. The van der Waals surface area contributed by atoms with Crippen LogP contribution >= 0.6 is 0 Å². The fourth-order valence-corrected chi connectivity index (χ4v) is 3.81. The van der Waals surface area contributed by atoms with E-state index in [-0.39, 0.29) is 17.4 Å². The van der Waals surface area contributed by atoms with Crippen molar-refractivity contribution in [1.29, 1.82) is 0 Å². The topological polar surface area (TPSA) is 57.6 Å². The zero-order chi connectivity index (χ0) is 12.8. The lowest BCUT2D eigenvalue weighted by Gasteiger charge is -2.37. The van der Waals surface area contributed by atoms with E-state index in [1.54, 1.807) is 4.90 Å². The summed E-state index contributed by atoms with van der Waals surface area (Å²) in [5.74, 6) is 0.887. The Hall–Kier alpha value is -1.06. The Labute approximate surface area is 102 Å². The standard InChI is InChI=1S/C13H21NO3/c1-13(2,3)11-10-5-8(7-15)4-9(10)6-14(11)12(16)17/h7-11H,4-6H2,1-3H3,(H,16,17). The number of nitrogens with zero attached hydrogens (tertiary/aromatic N) is 1. The van der Waals surface area contributed by atoms with Crippen LogP contribution in [0.15, 0.2) is 0 Å². The van der Waals surface area contributed by atoms with Crippen LogP contribution in [0.1, 0.15) is 33.6 Å². The molecule has 0 aromatic heterocycles. The maximum absolute atomic E-state index is 11.3. The molecule has 2 fully saturated rings. The quantitative estimate of drug-likeness (QED) is 0.714. The van der Waals surface area contributed by atoms with E-state index in [2.05, 4.69) is 20.8 Å². The van der Waals surface area contributed by atoms with Crippen molar-refractivity contribution in [3.05, 3.63) is 0 Å². The predicted molar refractivity (Wildman–Crippen MR) is 63.7 cm³/mol. The summed E-state index contributed by atoms with van der Waals surface area (Å²) in [6.07, 6.45) is 1.95. The maximum Gasteiger partial charge on any atom is 0.407 e. The van der Waals surface area contributed by atoms with Crippen molar-refractivity contribution in [2.45, 2.75) is 39.7 Å². The predicted octanol–water partition coefficient (Wildman–Crippen LogP) is 2.24. The van der Waals surface area contributed by atoms with Crippen LogP contribution in [-0.4, -0.2) is 35.0 Å². The summed E-state index contributed by atoms with van der Waals surface area (Å²) in [7, 11) is 0. The van der Waals surface area contributed by atoms with Gasteiger partial charge in [0, 0.05) is 18.5 Å². The highest BCUT2D eigenvalue weighted by Gasteiger charge is 2.52. The molecule has 4 heteroatoms. The van der Waals surface area contributed by atoms with E-state index >= 15 is 0 Å². The van der Waals surface area contributed by atoms with Crippen LogP contribution < -0.4 is 0 Å². The minimum Gasteiger partial charge on any atom is -0.465 e. The molecule has 0 aromatic carbocycles. The first kappa shape index (κ1) is 12.4. The average molecular weight is 239 g/mol. The van der Waals surface area contributed by atoms with Gasteiger partial charge in [0.1, 0.15) is 6.29 Å². The summed E-state index contributed by atoms with van der Waals surface area (Å²) in [5, 5.41) is 9.28. The van der Waals surface area contributed by atoms with E-state index in [0.29, 0.717) is 18.4 Å². The van der Waals surface area contributed by atoms with Crippen LogP contribution in [0.5, 0.6) is 0 Å². The smallest absolute Gasteiger partial charge is 0.407 e. The zero-order valence-corrected chi connectivity index (χ0v) is 10.7. The van der Waals surface area contributed by atoms with Crippen molar-refractivity contribution in [3.63, 3.8) is 0 Å². The van der Waals surface area contributed by atoms with Crippen LogP contribution in [0, 0.1) is 23.2 Å². The monoisotopic (exact) mass is 239 g/mol. The van der Waals surface area contributed by atoms with Crippen LogP contribution in [0.2, 0.25) is 0 Å². The summed E-state index contributed by atoms with van der Waals surface area (Å²) >= 11 is 0. The number of fused-ring (bicyclic) bond motifs is 1. The second-order valence-electron chi connectivity index (χ2n) is 6.54. The number of carbonyl (C=O) groups is 2. The largest absolute Gasteiger partial charge is 0.465 e. The number of rotatable bonds is 1. The number of carbonyl (C=O) groups excluding carboxylic acids is 1. The van der Waals surface area contributed by atoms with Crippen molar-refractivity contribution >= 4 is 12.4 Å². The van der Waals surface area contributed by atoms with Crippen molar-refractivity contribution < 1.29 is 14.7 Å². The molecular weight excluding hydrogens is 218 g/mol. The molecule has 17 heavy (non-hydrogen) atoms. The van der Waals surface area contributed by atoms with Gasteiger partial charge in [-0.2, -0.15) is 0 Å². The normalized spacial score (nSPS) is 37.0. The Kier molecular flexibility index (Phi) is 2.92. The molecule has 1 saturated carbocycles. The highest BCUT2D eigenvalue weighted by Crippen LogP contribution is 2.49. The SMILES string of the molecule is CC(C)(C)C1C2CC(C=O)CC2CN1C(=O)O. The van der Waals surface area contributed by atoms with E-state index in [9.17, 15) is 14.7 Å². The van der Waals surface area contributed by atoms with Gasteiger partial charge < -0.3 is 14.8 Å². The van der Waals surface area contributed by atoms with Crippen LogP contribution in [0.3, 0.4) is 0 Å². The minimum atomic E-state index is -0.818. The van der Waals surface area contributed by atoms with Crippen LogP contribution in [0.25, 0.3) is 0 Å². The first-order valence-electron chi connectivity index (χ1n) is 6.29. The van der Waals surface area contributed by atoms with Gasteiger partial charge in [-0.3, -0.25) is 0 Å². The second-order valence-corrected chi connectivity index (χ2v) is 6.54. The van der Waals surface area contributed by atoms with Gasteiger partial charge in [-0.15, -0.1) is 0 Å². The molecule has 4 atom stereocenters. The molecule has 1 aliphatic carbocycles. The molecule has 1 N–H and O–H groups in total. The first-order chi connectivity index (χ1) is 7.84. The van der Waals surface area contributed by atoms with Gasteiger partial charge in [0.25, 0.3) is 0 Å². The average Bonchev–Trinajstić information content (AvgIpc) is 2.69. The number of likely N-dealkylation sites (tertiary alicyclic amines) is 1. The molecule has 4 unspecified atom stereocenters. The van der Waals surface area contributed by atoms with Gasteiger partial charge in [-0.25, -0.2) is 4.79 Å². The van der Waals surface area contributed by atoms with E-state index in [1.165, 1.54) is 0 Å². The van der Waals surface area contributed by atoms with Gasteiger partial charge in [-0.05, 0) is 30.1 Å². The number of hydrogen-bond acceptors (Lipinski definition) is 2. The summed E-state index contributed by atoms with van der Waals surface area (Å²) < 4.78 is 0. The van der Waals surface area contributed by atoms with E-state index < -0.39 is 6.09 Å². The van der Waals surface area contributed by atoms with Crippen molar-refractivity contribution in [2.75, 3.05) is 6.54 Å². The molecule has 96 valence electrons. The van der Waals surface area contributed by atoms with Gasteiger partial charge in [0.05, 0.1) is 0 Å². The number of carboxylic acid groups (broad SMARTS) is 1. The van der Waals surface area contributed by atoms with Crippen LogP contribution in [0.4, 0.5) is 4.79 Å². The fraction of sp³-hybridized carbons (Fsp3) is 0.846. The molecule has 2 aliphatic rings. The zero-order valence-electron chi connectivity index (χ0n) is 10.7. The summed E-state index contributed by atoms with van der Waals surface area (Å²) in [4.78, 5) is 23.8. The summed E-state index contributed by atoms with van der Waals surface area (Å²) in [6, 6.07) is 0.0509. The number of hydrogen-bond donors (Lipinski definition) is 1. The Morgan fingerprint density at radius 1 is 1.35 bits per heavy atom. The molecule has 1 saturated heterocycles. The van der Waals surface area contributed by atoms with Gasteiger partial charge >= 0.3 is 6.09 Å². The molecule has 0 bridgehead atoms. The molecular formula is C13H21NO3. The summed E-state index contributed by atoms with van der Waals surface area (Å²) in [6.45, 7) is 6.87. The number of aldehydes is 1. The summed E-state index contributed by atoms with van der Waals surface area (Å²) in [5.41, 5.74) is -0.0599. The van der Waals surface area contributed by atoms with E-state index in [4.69, 9.17) is 0 Å². The second kappa shape index (κ2) is 4.00. The molecule has 0 aromatic rings. The fourth-order valence-electron chi connectivity index (χ4n) is 3.81. The molecule has 1 heterocycles. The molecule has 2 rings (SSSR count). The highest BCUT2D eigenvalue weighted by atomic mass is 16.4. The number of amides is 1. The van der Waals surface area contributed by atoms with Gasteiger partial charge in [0.15, 0.2) is 0 Å². The maximum atomic E-state index is 11.3. The molecule has 0 radical (unpaired) electrons. The lowest BCUT2D eigenvalue weighted by Crippen LogP contribution is -2.45. The van der Waals surface area contributed by atoms with Crippen molar-refractivity contribution in [1.82, 2.24) is 4.90 Å². The third-order valence-corrected chi connectivity index (χ3v) is 4.28. The van der Waals surface area contributed by atoms with E-state index in [0.717, 1.165) is 19.1 Å². The van der Waals surface area contributed by atoms with E-state index in [1.807, 2.05) is 0 Å². The Balaban J connectivity index is 2.24. The Morgan fingerprint density at radius 3 is 2.47 bits per heavy atom. The third kappa shape index (κ3) is 2.05. The lowest BCUT2D eigenvalue weighted by molar-refractivity contribution is -0.111. The Bertz CT molecular complexity index is 334. The van der Waals surface area contributed by atoms with Crippen LogP contribution in [-0.2, 0) is 4.79 Å². The van der Waals surface area contributed by atoms with Gasteiger partial charge in [-0.1, -0.05) is 20.8 Å².